The number of thiophene rings is 1. The first kappa shape index (κ1) is 37.8. The molecule has 67 heavy (non-hydrogen) atoms. The maximum Gasteiger partial charge on any atom is 0.143 e. The Balaban J connectivity index is 0.858. The van der Waals surface area contributed by atoms with Crippen molar-refractivity contribution in [3.8, 4) is 33.4 Å². The Kier molecular flexibility index (Phi) is 8.49. The smallest absolute Gasteiger partial charge is 0.143 e. The maximum atomic E-state index is 6.64. The third-order valence-corrected chi connectivity index (χ3v) is 15.0. The number of hydrogen-bond donors (Lipinski definition) is 0. The van der Waals surface area contributed by atoms with Gasteiger partial charge in [-0.15, -0.1) is 11.3 Å². The fourth-order valence-corrected chi connectivity index (χ4v) is 11.9. The molecule has 12 aromatic carbocycles. The highest BCUT2D eigenvalue weighted by Gasteiger charge is 2.19. The lowest BCUT2D eigenvalue weighted by atomic mass is 9.95. The van der Waals surface area contributed by atoms with Gasteiger partial charge >= 0.3 is 0 Å². The van der Waals surface area contributed by atoms with Crippen LogP contribution >= 0.6 is 11.3 Å². The molecule has 0 atom stereocenters. The van der Waals surface area contributed by atoms with Crippen molar-refractivity contribution in [2.24, 2.45) is 0 Å². The molecular weight excluding hydrogens is 831 g/mol. The quantitative estimate of drug-likeness (QED) is 0.155. The van der Waals surface area contributed by atoms with Gasteiger partial charge in [-0.1, -0.05) is 176 Å². The van der Waals surface area contributed by atoms with Crippen molar-refractivity contribution in [2.75, 3.05) is 4.90 Å². The molecule has 3 heteroatoms. The lowest BCUT2D eigenvalue weighted by molar-refractivity contribution is 0.673. The molecule has 0 unspecified atom stereocenters. The zero-order chi connectivity index (χ0) is 44.0. The van der Waals surface area contributed by atoms with Crippen molar-refractivity contribution < 1.29 is 4.42 Å². The number of fused-ring (bicyclic) bond motifs is 16. The van der Waals surface area contributed by atoms with Crippen LogP contribution in [0.2, 0.25) is 0 Å². The zero-order valence-electron chi connectivity index (χ0n) is 36.3. The van der Waals surface area contributed by atoms with E-state index < -0.39 is 0 Å². The minimum atomic E-state index is 0.899. The Morgan fingerprint density at radius 3 is 1.27 bits per heavy atom. The molecule has 0 aliphatic rings. The number of anilines is 3. The lowest BCUT2D eigenvalue weighted by Crippen LogP contribution is -2.09. The van der Waals surface area contributed by atoms with E-state index in [2.05, 4.69) is 241 Å². The molecule has 0 bridgehead atoms. The highest BCUT2D eigenvalue weighted by atomic mass is 32.1. The molecule has 0 saturated heterocycles. The van der Waals surface area contributed by atoms with Crippen LogP contribution in [0.3, 0.4) is 0 Å². The van der Waals surface area contributed by atoms with Gasteiger partial charge in [0.15, 0.2) is 0 Å². The van der Waals surface area contributed by atoms with E-state index in [1.165, 1.54) is 85.5 Å². The fraction of sp³-hybridized carbons (Fsp3) is 0. The Labute approximate surface area is 390 Å². The molecule has 0 aliphatic carbocycles. The average molecular weight is 870 g/mol. The Morgan fingerprint density at radius 1 is 0.284 bits per heavy atom. The summed E-state index contributed by atoms with van der Waals surface area (Å²) in [5.41, 5.74) is 12.2. The highest BCUT2D eigenvalue weighted by Crippen LogP contribution is 2.46. The van der Waals surface area contributed by atoms with E-state index in [0.29, 0.717) is 0 Å². The van der Waals surface area contributed by atoms with Crippen LogP contribution in [0, 0.1) is 0 Å². The second-order valence-electron chi connectivity index (χ2n) is 17.6. The Hall–Kier alpha value is -8.50. The minimum Gasteiger partial charge on any atom is -0.455 e. The van der Waals surface area contributed by atoms with Gasteiger partial charge in [0.25, 0.3) is 0 Å². The molecule has 2 aromatic heterocycles. The summed E-state index contributed by atoms with van der Waals surface area (Å²) in [6, 6.07) is 86.2. The van der Waals surface area contributed by atoms with Gasteiger partial charge in [-0.25, -0.2) is 0 Å². The van der Waals surface area contributed by atoms with Crippen LogP contribution in [-0.4, -0.2) is 0 Å². The van der Waals surface area contributed by atoms with E-state index in [1.54, 1.807) is 0 Å². The normalized spacial score (nSPS) is 11.9. The highest BCUT2D eigenvalue weighted by molar-refractivity contribution is 7.27. The van der Waals surface area contributed by atoms with Gasteiger partial charge in [-0.2, -0.15) is 0 Å². The van der Waals surface area contributed by atoms with E-state index in [9.17, 15) is 0 Å². The van der Waals surface area contributed by atoms with Gasteiger partial charge in [-0.05, 0) is 126 Å². The molecule has 2 heterocycles. The van der Waals surface area contributed by atoms with Gasteiger partial charge in [0.05, 0.1) is 0 Å². The predicted octanol–water partition coefficient (Wildman–Crippen LogP) is 19.0. The third-order valence-electron chi connectivity index (χ3n) is 13.8. The van der Waals surface area contributed by atoms with E-state index in [-0.39, 0.29) is 0 Å². The van der Waals surface area contributed by atoms with Crippen LogP contribution in [0.15, 0.2) is 241 Å². The van der Waals surface area contributed by atoms with Crippen molar-refractivity contribution in [2.45, 2.75) is 0 Å². The van der Waals surface area contributed by atoms with Crippen LogP contribution < -0.4 is 4.90 Å². The standard InChI is InChI=1S/C64H39NOS/c1-2-12-40(13-3-1)41-22-30-46(31-23-41)65(47-32-24-42(25-33-47)44-28-36-59-57(38-44)61-53-18-8-4-14-49(53)51-16-6-10-20-55(51)63(61)66-59)48-34-26-43(27-35-48)45-29-37-60-58(39-45)62-54-19-9-5-15-50(54)52-17-7-11-21-56(52)64(62)67-60/h1-39H. The van der Waals surface area contributed by atoms with E-state index >= 15 is 0 Å². The van der Waals surface area contributed by atoms with Crippen molar-refractivity contribution in [3.63, 3.8) is 0 Å². The van der Waals surface area contributed by atoms with Gasteiger partial charge in [0.2, 0.25) is 0 Å². The number of nitrogens with zero attached hydrogens (tertiary/aromatic N) is 1. The molecule has 0 fully saturated rings. The molecule has 312 valence electrons. The summed E-state index contributed by atoms with van der Waals surface area (Å²) in [5, 5.41) is 15.0. The first-order valence-corrected chi connectivity index (χ1v) is 23.7. The van der Waals surface area contributed by atoms with Crippen molar-refractivity contribution in [3.05, 3.63) is 237 Å². The van der Waals surface area contributed by atoms with Crippen molar-refractivity contribution in [1.29, 1.82) is 0 Å². The van der Waals surface area contributed by atoms with Crippen LogP contribution in [0.5, 0.6) is 0 Å². The number of hydrogen-bond acceptors (Lipinski definition) is 3. The third kappa shape index (κ3) is 6.02. The molecule has 0 N–H and O–H groups in total. The van der Waals surface area contributed by atoms with E-state index in [0.717, 1.165) is 50.1 Å². The van der Waals surface area contributed by atoms with Crippen LogP contribution in [-0.2, 0) is 0 Å². The Morgan fingerprint density at radius 2 is 0.687 bits per heavy atom. The lowest BCUT2D eigenvalue weighted by Gasteiger charge is -2.26. The number of benzene rings is 12. The van der Waals surface area contributed by atoms with Crippen LogP contribution in [0.4, 0.5) is 17.1 Å². The van der Waals surface area contributed by atoms with Crippen molar-refractivity contribution >= 4 is 114 Å². The zero-order valence-corrected chi connectivity index (χ0v) is 37.1. The summed E-state index contributed by atoms with van der Waals surface area (Å²) >= 11 is 1.90. The SMILES string of the molecule is c1ccc(-c2ccc(N(c3ccc(-c4ccc5oc6c7ccccc7c7ccccc7c6c5c4)cc3)c3ccc(-c4ccc5sc6c7ccccc7c7ccccc7c6c5c4)cc3)cc2)cc1. The summed E-state index contributed by atoms with van der Waals surface area (Å²) < 4.78 is 9.31. The molecule has 0 aliphatic heterocycles. The molecule has 14 rings (SSSR count). The molecule has 2 nitrogen and oxygen atoms in total. The summed E-state index contributed by atoms with van der Waals surface area (Å²) in [4.78, 5) is 2.36. The summed E-state index contributed by atoms with van der Waals surface area (Å²) in [7, 11) is 0. The number of furan rings is 1. The molecule has 0 amide bonds. The van der Waals surface area contributed by atoms with E-state index in [1.807, 2.05) is 11.3 Å². The van der Waals surface area contributed by atoms with Crippen molar-refractivity contribution in [1.82, 2.24) is 0 Å². The molecule has 14 aromatic rings. The summed E-state index contributed by atoms with van der Waals surface area (Å²) in [5.74, 6) is 0. The van der Waals surface area contributed by atoms with Gasteiger partial charge < -0.3 is 9.32 Å². The average Bonchev–Trinajstić information content (AvgIpc) is 3.99. The molecule has 0 radical (unpaired) electrons. The first-order valence-electron chi connectivity index (χ1n) is 22.9. The first-order chi connectivity index (χ1) is 33.2. The summed E-state index contributed by atoms with van der Waals surface area (Å²) in [6.45, 7) is 0. The second-order valence-corrected chi connectivity index (χ2v) is 18.6. The van der Waals surface area contributed by atoms with Gasteiger partial charge in [0.1, 0.15) is 11.2 Å². The van der Waals surface area contributed by atoms with Crippen LogP contribution in [0.1, 0.15) is 0 Å². The molecule has 0 saturated carbocycles. The van der Waals surface area contributed by atoms with Crippen LogP contribution in [0.25, 0.3) is 119 Å². The minimum absolute atomic E-state index is 0.899. The maximum absolute atomic E-state index is 6.64. The Bertz CT molecular complexity index is 4000. The van der Waals surface area contributed by atoms with E-state index in [4.69, 9.17) is 4.42 Å². The monoisotopic (exact) mass is 869 g/mol. The number of rotatable bonds is 6. The topological polar surface area (TPSA) is 16.4 Å². The molecule has 0 spiro atoms. The van der Waals surface area contributed by atoms with Gasteiger partial charge in [-0.3, -0.25) is 0 Å². The predicted molar refractivity (Wildman–Crippen MR) is 288 cm³/mol. The van der Waals surface area contributed by atoms with Gasteiger partial charge in [0, 0.05) is 58.8 Å². The summed E-state index contributed by atoms with van der Waals surface area (Å²) in [6.07, 6.45) is 0. The molecular formula is C64H39NOS. The fourth-order valence-electron chi connectivity index (χ4n) is 10.7. The largest absolute Gasteiger partial charge is 0.455 e. The second kappa shape index (κ2) is 15.0.